The normalized spacial score (nSPS) is 23.4. The van der Waals surface area contributed by atoms with E-state index in [1.54, 1.807) is 0 Å². The molecule has 1 aromatic rings. The van der Waals surface area contributed by atoms with E-state index >= 15 is 0 Å². The van der Waals surface area contributed by atoms with Crippen molar-refractivity contribution in [2.45, 2.75) is 32.2 Å². The molecule has 1 aliphatic heterocycles. The summed E-state index contributed by atoms with van der Waals surface area (Å²) in [5.74, 6) is 0. The average molecular weight is 224 g/mol. The first kappa shape index (κ1) is 10.5. The minimum absolute atomic E-state index is 0.255. The van der Waals surface area contributed by atoms with Crippen LogP contribution in [0.2, 0.25) is 0 Å². The number of nitrogens with zero attached hydrogens (tertiary/aromatic N) is 2. The molecule has 0 bridgehead atoms. The summed E-state index contributed by atoms with van der Waals surface area (Å²) in [7, 11) is 0. The molecule has 2 nitrogen and oxygen atoms in total. The lowest BCUT2D eigenvalue weighted by Crippen LogP contribution is -1.99. The highest BCUT2D eigenvalue weighted by Crippen LogP contribution is 2.35. The molecule has 0 aromatic heterocycles. The van der Waals surface area contributed by atoms with Gasteiger partial charge in [0.2, 0.25) is 0 Å². The van der Waals surface area contributed by atoms with Crippen LogP contribution in [0, 0.1) is 0 Å². The van der Waals surface area contributed by atoms with E-state index in [-0.39, 0.29) is 6.04 Å². The second-order valence-electron chi connectivity index (χ2n) is 4.69. The standard InChI is InChI=1S/C15H16N2/c1-11-14-9-5-8-13(14)10-15(17-16-11)12-6-3-2-4-7-12/h2-4,6-7,10-11H,5,8-9H2,1H3. The van der Waals surface area contributed by atoms with Crippen molar-refractivity contribution in [3.63, 3.8) is 0 Å². The minimum Gasteiger partial charge on any atom is -0.181 e. The van der Waals surface area contributed by atoms with Crippen molar-refractivity contribution < 1.29 is 0 Å². The van der Waals surface area contributed by atoms with Crippen molar-refractivity contribution in [3.05, 3.63) is 53.1 Å². The third-order valence-corrected chi connectivity index (χ3v) is 3.53. The second kappa shape index (κ2) is 4.28. The van der Waals surface area contributed by atoms with Crippen LogP contribution in [0.4, 0.5) is 0 Å². The molecule has 1 aliphatic carbocycles. The van der Waals surface area contributed by atoms with E-state index in [2.05, 4.69) is 35.4 Å². The molecule has 0 saturated carbocycles. The number of azo groups is 1. The first-order valence-corrected chi connectivity index (χ1v) is 6.24. The Bertz CT molecular complexity index is 509. The Balaban J connectivity index is 2.04. The van der Waals surface area contributed by atoms with Crippen LogP contribution >= 0.6 is 0 Å². The van der Waals surface area contributed by atoms with E-state index in [4.69, 9.17) is 0 Å². The Morgan fingerprint density at radius 3 is 2.76 bits per heavy atom. The highest BCUT2D eigenvalue weighted by atomic mass is 15.1. The maximum absolute atomic E-state index is 4.42. The summed E-state index contributed by atoms with van der Waals surface area (Å²) < 4.78 is 0. The molecule has 0 radical (unpaired) electrons. The highest BCUT2D eigenvalue weighted by molar-refractivity contribution is 5.68. The monoisotopic (exact) mass is 224 g/mol. The van der Waals surface area contributed by atoms with Crippen molar-refractivity contribution in [2.24, 2.45) is 10.2 Å². The molecule has 0 amide bonds. The van der Waals surface area contributed by atoms with Crippen LogP contribution in [0.25, 0.3) is 5.70 Å². The predicted molar refractivity (Wildman–Crippen MR) is 69.6 cm³/mol. The number of hydrogen-bond donors (Lipinski definition) is 0. The Morgan fingerprint density at radius 2 is 1.94 bits per heavy atom. The van der Waals surface area contributed by atoms with Gasteiger partial charge in [0.15, 0.2) is 0 Å². The van der Waals surface area contributed by atoms with Crippen LogP contribution in [-0.2, 0) is 0 Å². The summed E-state index contributed by atoms with van der Waals surface area (Å²) in [5.41, 5.74) is 5.11. The van der Waals surface area contributed by atoms with E-state index in [0.717, 1.165) is 11.3 Å². The average Bonchev–Trinajstić information content (AvgIpc) is 2.77. The molecule has 3 rings (SSSR count). The molecule has 0 N–H and O–H groups in total. The van der Waals surface area contributed by atoms with Gasteiger partial charge in [0.05, 0.1) is 11.7 Å². The maximum atomic E-state index is 4.42. The highest BCUT2D eigenvalue weighted by Gasteiger charge is 2.21. The summed E-state index contributed by atoms with van der Waals surface area (Å²) in [6.07, 6.45) is 5.86. The van der Waals surface area contributed by atoms with Crippen LogP contribution in [0.5, 0.6) is 0 Å². The largest absolute Gasteiger partial charge is 0.181 e. The zero-order valence-electron chi connectivity index (χ0n) is 10.1. The summed E-state index contributed by atoms with van der Waals surface area (Å²) in [6, 6.07) is 10.6. The second-order valence-corrected chi connectivity index (χ2v) is 4.69. The van der Waals surface area contributed by atoms with Crippen molar-refractivity contribution >= 4 is 5.70 Å². The van der Waals surface area contributed by atoms with E-state index in [9.17, 15) is 0 Å². The first-order chi connectivity index (χ1) is 8.34. The fraction of sp³-hybridized carbons (Fsp3) is 0.333. The van der Waals surface area contributed by atoms with E-state index in [1.807, 2.05) is 18.2 Å². The van der Waals surface area contributed by atoms with Gasteiger partial charge >= 0.3 is 0 Å². The van der Waals surface area contributed by atoms with Crippen LogP contribution < -0.4 is 0 Å². The molecule has 0 fully saturated rings. The van der Waals surface area contributed by atoms with Gasteiger partial charge in [-0.1, -0.05) is 30.3 Å². The van der Waals surface area contributed by atoms with Gasteiger partial charge in [-0.05, 0) is 43.4 Å². The Labute approximate surface area is 102 Å². The quantitative estimate of drug-likeness (QED) is 0.677. The van der Waals surface area contributed by atoms with Crippen LogP contribution in [0.1, 0.15) is 31.7 Å². The van der Waals surface area contributed by atoms with Gasteiger partial charge in [-0.3, -0.25) is 0 Å². The SMILES string of the molecule is CC1N=NC(c2ccccc2)=CC2=C1CCC2. The van der Waals surface area contributed by atoms with E-state index in [1.165, 1.54) is 30.4 Å². The van der Waals surface area contributed by atoms with Gasteiger partial charge < -0.3 is 0 Å². The smallest absolute Gasteiger partial charge is 0.0927 e. The molecular formula is C15H16N2. The molecule has 17 heavy (non-hydrogen) atoms. The van der Waals surface area contributed by atoms with Crippen molar-refractivity contribution in [1.29, 1.82) is 0 Å². The molecule has 1 heterocycles. The molecule has 86 valence electrons. The molecule has 0 spiro atoms. The third kappa shape index (κ3) is 1.95. The van der Waals surface area contributed by atoms with Gasteiger partial charge in [-0.15, -0.1) is 0 Å². The Morgan fingerprint density at radius 1 is 1.12 bits per heavy atom. The Hall–Kier alpha value is -1.70. The van der Waals surface area contributed by atoms with Crippen LogP contribution in [0.15, 0.2) is 57.8 Å². The summed E-state index contributed by atoms with van der Waals surface area (Å²) in [5, 5.41) is 8.82. The van der Waals surface area contributed by atoms with Crippen LogP contribution in [-0.4, -0.2) is 6.04 Å². The minimum atomic E-state index is 0.255. The zero-order valence-corrected chi connectivity index (χ0v) is 10.1. The van der Waals surface area contributed by atoms with Gasteiger partial charge in [0.25, 0.3) is 0 Å². The summed E-state index contributed by atoms with van der Waals surface area (Å²) in [4.78, 5) is 0. The fourth-order valence-corrected chi connectivity index (χ4v) is 2.59. The predicted octanol–water partition coefficient (Wildman–Crippen LogP) is 4.36. The van der Waals surface area contributed by atoms with Gasteiger partial charge in [-0.25, -0.2) is 0 Å². The van der Waals surface area contributed by atoms with Crippen molar-refractivity contribution in [2.75, 3.05) is 0 Å². The molecular weight excluding hydrogens is 208 g/mol. The fourth-order valence-electron chi connectivity index (χ4n) is 2.59. The lowest BCUT2D eigenvalue weighted by Gasteiger charge is -2.05. The lowest BCUT2D eigenvalue weighted by atomic mass is 10.0. The number of benzene rings is 1. The topological polar surface area (TPSA) is 24.7 Å². The van der Waals surface area contributed by atoms with Gasteiger partial charge in [-0.2, -0.15) is 10.2 Å². The number of rotatable bonds is 1. The lowest BCUT2D eigenvalue weighted by molar-refractivity contribution is 0.762. The van der Waals surface area contributed by atoms with Crippen LogP contribution in [0.3, 0.4) is 0 Å². The molecule has 2 heteroatoms. The number of hydrogen-bond acceptors (Lipinski definition) is 2. The van der Waals surface area contributed by atoms with E-state index < -0.39 is 0 Å². The first-order valence-electron chi connectivity index (χ1n) is 6.24. The maximum Gasteiger partial charge on any atom is 0.0927 e. The molecule has 1 unspecified atom stereocenters. The van der Waals surface area contributed by atoms with E-state index in [0.29, 0.717) is 0 Å². The molecule has 1 atom stereocenters. The zero-order chi connectivity index (χ0) is 11.7. The molecule has 0 saturated heterocycles. The van der Waals surface area contributed by atoms with Gasteiger partial charge in [0, 0.05) is 5.56 Å². The van der Waals surface area contributed by atoms with Crippen molar-refractivity contribution in [1.82, 2.24) is 0 Å². The van der Waals surface area contributed by atoms with Gasteiger partial charge in [0.1, 0.15) is 0 Å². The van der Waals surface area contributed by atoms with Crippen molar-refractivity contribution in [3.8, 4) is 0 Å². The number of allylic oxidation sites excluding steroid dienone is 2. The molecule has 2 aliphatic rings. The summed E-state index contributed by atoms with van der Waals surface area (Å²) in [6.45, 7) is 2.14. The molecule has 1 aromatic carbocycles. The summed E-state index contributed by atoms with van der Waals surface area (Å²) >= 11 is 0. The Kier molecular flexibility index (Phi) is 2.63. The third-order valence-electron chi connectivity index (χ3n) is 3.53.